The Kier molecular flexibility index (Phi) is 4.49. The van der Waals surface area contributed by atoms with Crippen molar-refractivity contribution >= 4 is 23.5 Å². The van der Waals surface area contributed by atoms with E-state index >= 15 is 0 Å². The van der Waals surface area contributed by atoms with Gasteiger partial charge in [0.05, 0.1) is 19.8 Å². The third-order valence-corrected chi connectivity index (χ3v) is 3.63. The monoisotopic (exact) mass is 299 g/mol. The van der Waals surface area contributed by atoms with Gasteiger partial charge in [0, 0.05) is 32.2 Å². The summed E-state index contributed by atoms with van der Waals surface area (Å²) in [5.41, 5.74) is 0. The first kappa shape index (κ1) is 13.8. The molecule has 8 heteroatoms. The molecule has 3 rings (SSSR count). The summed E-state index contributed by atoms with van der Waals surface area (Å²) < 4.78 is 10.7. The second-order valence-corrected chi connectivity index (χ2v) is 5.28. The lowest BCUT2D eigenvalue weighted by molar-refractivity contribution is 0.122. The molecule has 0 aliphatic carbocycles. The normalized spacial score (nSPS) is 23.1. The average molecular weight is 300 g/mol. The largest absolute Gasteiger partial charge is 0.381 e. The van der Waals surface area contributed by atoms with Gasteiger partial charge < -0.3 is 19.7 Å². The fourth-order valence-corrected chi connectivity index (χ4v) is 2.46. The third kappa shape index (κ3) is 3.47. The Balaban J connectivity index is 1.65. The highest BCUT2D eigenvalue weighted by Crippen LogP contribution is 2.17. The van der Waals surface area contributed by atoms with Crippen molar-refractivity contribution in [3.8, 4) is 0 Å². The minimum absolute atomic E-state index is 0.215. The molecule has 1 unspecified atom stereocenters. The lowest BCUT2D eigenvalue weighted by Crippen LogP contribution is -2.37. The zero-order chi connectivity index (χ0) is 13.8. The molecular weight excluding hydrogens is 282 g/mol. The van der Waals surface area contributed by atoms with Crippen LogP contribution in [0.4, 0.5) is 11.9 Å². The van der Waals surface area contributed by atoms with E-state index in [9.17, 15) is 0 Å². The van der Waals surface area contributed by atoms with Crippen molar-refractivity contribution in [3.05, 3.63) is 5.28 Å². The van der Waals surface area contributed by atoms with Gasteiger partial charge in [-0.1, -0.05) is 0 Å². The van der Waals surface area contributed by atoms with Gasteiger partial charge in [0.25, 0.3) is 0 Å². The van der Waals surface area contributed by atoms with Gasteiger partial charge in [-0.25, -0.2) is 0 Å². The molecule has 1 aromatic heterocycles. The van der Waals surface area contributed by atoms with Crippen LogP contribution < -0.4 is 10.2 Å². The molecule has 20 heavy (non-hydrogen) atoms. The number of anilines is 2. The van der Waals surface area contributed by atoms with E-state index in [4.69, 9.17) is 21.1 Å². The van der Waals surface area contributed by atoms with E-state index in [1.807, 2.05) is 0 Å². The first-order chi connectivity index (χ1) is 9.81. The fourth-order valence-electron chi connectivity index (χ4n) is 2.30. The number of ether oxygens (including phenoxy) is 2. The van der Waals surface area contributed by atoms with Crippen molar-refractivity contribution in [1.82, 2.24) is 15.0 Å². The van der Waals surface area contributed by atoms with Gasteiger partial charge in [-0.15, -0.1) is 0 Å². The smallest absolute Gasteiger partial charge is 0.231 e. The van der Waals surface area contributed by atoms with E-state index < -0.39 is 0 Å². The summed E-state index contributed by atoms with van der Waals surface area (Å²) in [5.74, 6) is 1.65. The van der Waals surface area contributed by atoms with Crippen LogP contribution in [0.15, 0.2) is 0 Å². The lowest BCUT2D eigenvalue weighted by atomic mass is 10.1. The van der Waals surface area contributed by atoms with Gasteiger partial charge in [-0.05, 0) is 18.0 Å². The predicted molar refractivity (Wildman–Crippen MR) is 75.3 cm³/mol. The summed E-state index contributed by atoms with van der Waals surface area (Å²) >= 11 is 5.98. The number of morpholine rings is 1. The molecule has 0 aromatic carbocycles. The number of aromatic nitrogens is 3. The van der Waals surface area contributed by atoms with E-state index in [2.05, 4.69) is 25.2 Å². The van der Waals surface area contributed by atoms with Crippen LogP contribution in [-0.4, -0.2) is 61.0 Å². The van der Waals surface area contributed by atoms with Crippen molar-refractivity contribution < 1.29 is 9.47 Å². The molecule has 7 nitrogen and oxygen atoms in total. The molecule has 3 heterocycles. The topological polar surface area (TPSA) is 72.4 Å². The van der Waals surface area contributed by atoms with Crippen LogP contribution in [0.5, 0.6) is 0 Å². The average Bonchev–Trinajstić information content (AvgIpc) is 2.99. The molecular formula is C12H18ClN5O2. The van der Waals surface area contributed by atoms with Crippen molar-refractivity contribution in [1.29, 1.82) is 0 Å². The zero-order valence-electron chi connectivity index (χ0n) is 11.2. The quantitative estimate of drug-likeness (QED) is 0.882. The van der Waals surface area contributed by atoms with Gasteiger partial charge in [0.1, 0.15) is 0 Å². The van der Waals surface area contributed by atoms with Crippen LogP contribution in [0.2, 0.25) is 5.28 Å². The molecule has 2 aliphatic rings. The van der Waals surface area contributed by atoms with E-state index in [0.29, 0.717) is 31.0 Å². The second-order valence-electron chi connectivity index (χ2n) is 4.94. The summed E-state index contributed by atoms with van der Waals surface area (Å²) in [5, 5.41) is 3.44. The standard InChI is InChI=1S/C12H18ClN5O2/c13-10-15-11(14-7-9-1-4-20-8-9)17-12(16-10)18-2-5-19-6-3-18/h9H,1-8H2,(H,14,15,16,17). The first-order valence-electron chi connectivity index (χ1n) is 6.87. The van der Waals surface area contributed by atoms with Gasteiger partial charge in [-0.3, -0.25) is 0 Å². The van der Waals surface area contributed by atoms with Gasteiger partial charge in [0.2, 0.25) is 17.2 Å². The molecule has 1 N–H and O–H groups in total. The Morgan fingerprint density at radius 2 is 2.00 bits per heavy atom. The minimum atomic E-state index is 0.215. The maximum Gasteiger partial charge on any atom is 0.231 e. The number of hydrogen-bond donors (Lipinski definition) is 1. The number of hydrogen-bond acceptors (Lipinski definition) is 7. The Morgan fingerprint density at radius 1 is 1.15 bits per heavy atom. The number of nitrogens with one attached hydrogen (secondary N) is 1. The molecule has 110 valence electrons. The molecule has 0 radical (unpaired) electrons. The van der Waals surface area contributed by atoms with Gasteiger partial charge in [0.15, 0.2) is 0 Å². The SMILES string of the molecule is Clc1nc(NCC2CCOC2)nc(N2CCOCC2)n1. The van der Waals surface area contributed by atoms with Crippen LogP contribution >= 0.6 is 11.6 Å². The Hall–Kier alpha value is -1.18. The maximum atomic E-state index is 5.98. The van der Waals surface area contributed by atoms with Crippen molar-refractivity contribution in [2.24, 2.45) is 5.92 Å². The molecule has 2 saturated heterocycles. The zero-order valence-corrected chi connectivity index (χ0v) is 12.0. The second kappa shape index (κ2) is 6.51. The highest BCUT2D eigenvalue weighted by atomic mass is 35.5. The molecule has 0 saturated carbocycles. The number of rotatable bonds is 4. The summed E-state index contributed by atoms with van der Waals surface area (Å²) in [6.07, 6.45) is 1.07. The fraction of sp³-hybridized carbons (Fsp3) is 0.750. The van der Waals surface area contributed by atoms with Crippen LogP contribution in [0.25, 0.3) is 0 Å². The lowest BCUT2D eigenvalue weighted by Gasteiger charge is -2.26. The number of nitrogens with zero attached hydrogens (tertiary/aromatic N) is 4. The Bertz CT molecular complexity index is 449. The van der Waals surface area contributed by atoms with Crippen LogP contribution in [0.3, 0.4) is 0 Å². The molecule has 0 spiro atoms. The first-order valence-corrected chi connectivity index (χ1v) is 7.25. The molecule has 0 bridgehead atoms. The predicted octanol–water partition coefficient (Wildman–Crippen LogP) is 0.810. The van der Waals surface area contributed by atoms with E-state index in [1.165, 1.54) is 0 Å². The van der Waals surface area contributed by atoms with Crippen LogP contribution in [0.1, 0.15) is 6.42 Å². The number of halogens is 1. The summed E-state index contributed by atoms with van der Waals surface area (Å²) in [6, 6.07) is 0. The Labute approximate surface area is 122 Å². The van der Waals surface area contributed by atoms with Crippen molar-refractivity contribution in [2.75, 3.05) is 56.3 Å². The van der Waals surface area contributed by atoms with E-state index in [0.717, 1.165) is 39.3 Å². The molecule has 2 aliphatic heterocycles. The summed E-state index contributed by atoms with van der Waals surface area (Å²) in [4.78, 5) is 14.8. The van der Waals surface area contributed by atoms with E-state index in [-0.39, 0.29) is 5.28 Å². The highest BCUT2D eigenvalue weighted by molar-refractivity contribution is 6.28. The molecule has 0 amide bonds. The minimum Gasteiger partial charge on any atom is -0.381 e. The third-order valence-electron chi connectivity index (χ3n) is 3.46. The summed E-state index contributed by atoms with van der Waals surface area (Å²) in [7, 11) is 0. The molecule has 2 fully saturated rings. The van der Waals surface area contributed by atoms with E-state index in [1.54, 1.807) is 0 Å². The molecule has 1 aromatic rings. The summed E-state index contributed by atoms with van der Waals surface area (Å²) in [6.45, 7) is 5.35. The van der Waals surface area contributed by atoms with Gasteiger partial charge in [-0.2, -0.15) is 15.0 Å². The Morgan fingerprint density at radius 3 is 2.75 bits per heavy atom. The van der Waals surface area contributed by atoms with Crippen LogP contribution in [-0.2, 0) is 9.47 Å². The van der Waals surface area contributed by atoms with Crippen molar-refractivity contribution in [3.63, 3.8) is 0 Å². The van der Waals surface area contributed by atoms with Crippen molar-refractivity contribution in [2.45, 2.75) is 6.42 Å². The van der Waals surface area contributed by atoms with Crippen LogP contribution in [0, 0.1) is 5.92 Å². The maximum absolute atomic E-state index is 5.98. The molecule has 1 atom stereocenters. The van der Waals surface area contributed by atoms with Gasteiger partial charge >= 0.3 is 0 Å². The highest BCUT2D eigenvalue weighted by Gasteiger charge is 2.18.